The van der Waals surface area contributed by atoms with Gasteiger partial charge < -0.3 is 10.4 Å². The highest BCUT2D eigenvalue weighted by atomic mass is 33.1. The highest BCUT2D eigenvalue weighted by Crippen LogP contribution is 2.37. The number of aliphatic hydroxyl groups excluding tert-OH is 1. The molecule has 0 aromatic heterocycles. The van der Waals surface area contributed by atoms with Gasteiger partial charge in [0.25, 0.3) is 0 Å². The lowest BCUT2D eigenvalue weighted by Gasteiger charge is -2.27. The molecule has 17 heavy (non-hydrogen) atoms. The van der Waals surface area contributed by atoms with Crippen molar-refractivity contribution in [2.75, 3.05) is 24.7 Å². The van der Waals surface area contributed by atoms with Crippen molar-refractivity contribution in [2.24, 2.45) is 11.3 Å². The van der Waals surface area contributed by atoms with Crippen LogP contribution in [0.3, 0.4) is 0 Å². The van der Waals surface area contributed by atoms with E-state index in [0.29, 0.717) is 12.2 Å². The molecule has 1 unspecified atom stereocenters. The minimum Gasteiger partial charge on any atom is -0.395 e. The van der Waals surface area contributed by atoms with Gasteiger partial charge in [0.2, 0.25) is 5.91 Å². The first-order chi connectivity index (χ1) is 7.97. The van der Waals surface area contributed by atoms with Gasteiger partial charge in [-0.3, -0.25) is 9.59 Å². The predicted octanol–water partition coefficient (Wildman–Crippen LogP) is 1.09. The number of carbonyl (C=O) groups excluding carboxylic acids is 2. The Kier molecular flexibility index (Phi) is 5.82. The van der Waals surface area contributed by atoms with E-state index in [1.807, 2.05) is 13.8 Å². The number of ketones is 1. The maximum Gasteiger partial charge on any atom is 0.224 e. The van der Waals surface area contributed by atoms with Crippen LogP contribution < -0.4 is 5.32 Å². The molecule has 1 aliphatic rings. The molecule has 1 heterocycles. The summed E-state index contributed by atoms with van der Waals surface area (Å²) in [6.45, 7) is 4.04. The van der Waals surface area contributed by atoms with E-state index in [0.717, 1.165) is 5.75 Å². The number of hydrogen-bond acceptors (Lipinski definition) is 5. The van der Waals surface area contributed by atoms with Crippen LogP contribution in [0.1, 0.15) is 20.3 Å². The fourth-order valence-corrected chi connectivity index (χ4v) is 4.43. The van der Waals surface area contributed by atoms with Crippen molar-refractivity contribution in [3.05, 3.63) is 0 Å². The average molecular weight is 277 g/mol. The summed E-state index contributed by atoms with van der Waals surface area (Å²) >= 11 is 0. The molecule has 0 aromatic carbocycles. The maximum absolute atomic E-state index is 12.0. The summed E-state index contributed by atoms with van der Waals surface area (Å²) in [5.41, 5.74) is -0.354. The van der Waals surface area contributed by atoms with Crippen molar-refractivity contribution in [3.8, 4) is 0 Å². The average Bonchev–Trinajstić information content (AvgIpc) is 2.28. The van der Waals surface area contributed by atoms with Crippen molar-refractivity contribution in [3.63, 3.8) is 0 Å². The first-order valence-corrected chi connectivity index (χ1v) is 8.12. The van der Waals surface area contributed by atoms with Crippen LogP contribution in [0.15, 0.2) is 0 Å². The Labute approximate surface area is 110 Å². The molecule has 0 aliphatic carbocycles. The normalized spacial score (nSPS) is 24.9. The van der Waals surface area contributed by atoms with Crippen molar-refractivity contribution >= 4 is 33.3 Å². The third-order valence-electron chi connectivity index (χ3n) is 2.74. The maximum atomic E-state index is 12.0. The monoisotopic (exact) mass is 277 g/mol. The van der Waals surface area contributed by atoms with E-state index in [9.17, 15) is 9.59 Å². The van der Waals surface area contributed by atoms with Gasteiger partial charge in [-0.1, -0.05) is 35.4 Å². The molecule has 98 valence electrons. The predicted molar refractivity (Wildman–Crippen MR) is 71.9 cm³/mol. The molecule has 1 fully saturated rings. The van der Waals surface area contributed by atoms with Crippen LogP contribution >= 0.6 is 21.6 Å². The molecule has 2 N–H and O–H groups in total. The molecule has 0 aromatic rings. The number of hydrogen-bond donors (Lipinski definition) is 2. The Morgan fingerprint density at radius 2 is 2.24 bits per heavy atom. The number of rotatable bonds is 3. The summed E-state index contributed by atoms with van der Waals surface area (Å²) in [5.74, 6) is 1.20. The summed E-state index contributed by atoms with van der Waals surface area (Å²) < 4.78 is 0. The van der Waals surface area contributed by atoms with Gasteiger partial charge in [-0.15, -0.1) is 0 Å². The number of nitrogens with one attached hydrogen (secondary N) is 1. The Bertz CT molecular complexity index is 294. The van der Waals surface area contributed by atoms with E-state index in [1.165, 1.54) is 0 Å². The summed E-state index contributed by atoms with van der Waals surface area (Å²) in [5, 5.41) is 11.3. The van der Waals surface area contributed by atoms with Gasteiger partial charge in [0.15, 0.2) is 0 Å². The van der Waals surface area contributed by atoms with E-state index in [2.05, 4.69) is 5.32 Å². The van der Waals surface area contributed by atoms with Crippen LogP contribution in [0.2, 0.25) is 0 Å². The lowest BCUT2D eigenvalue weighted by Crippen LogP contribution is -2.38. The second-order valence-corrected chi connectivity index (χ2v) is 7.28. The molecule has 4 nitrogen and oxygen atoms in total. The van der Waals surface area contributed by atoms with E-state index < -0.39 is 0 Å². The second kappa shape index (κ2) is 6.66. The molecular formula is C11H19NO3S2. The first-order valence-electron chi connectivity index (χ1n) is 5.63. The molecule has 1 aliphatic heterocycles. The highest BCUT2D eigenvalue weighted by molar-refractivity contribution is 8.76. The zero-order chi connectivity index (χ0) is 12.9. The highest BCUT2D eigenvalue weighted by Gasteiger charge is 2.33. The standard InChI is InChI=1S/C11H19NO3S2/c1-11(2)7-17-16-6-8(5-9(11)14)10(15)12-3-4-13/h8,13H,3-7H2,1-2H3,(H,12,15). The summed E-state index contributed by atoms with van der Waals surface area (Å²) in [6, 6.07) is 0. The molecule has 1 saturated heterocycles. The smallest absolute Gasteiger partial charge is 0.224 e. The van der Waals surface area contributed by atoms with Crippen LogP contribution in [0.4, 0.5) is 0 Å². The van der Waals surface area contributed by atoms with E-state index in [4.69, 9.17) is 5.11 Å². The quantitative estimate of drug-likeness (QED) is 0.756. The first kappa shape index (κ1) is 14.9. The van der Waals surface area contributed by atoms with Gasteiger partial charge in [-0.25, -0.2) is 0 Å². The van der Waals surface area contributed by atoms with Gasteiger partial charge in [-0.05, 0) is 0 Å². The number of amides is 1. The number of carbonyl (C=O) groups is 2. The molecule has 0 radical (unpaired) electrons. The van der Waals surface area contributed by atoms with Crippen LogP contribution in [0, 0.1) is 11.3 Å². The van der Waals surface area contributed by atoms with Crippen LogP contribution in [0.25, 0.3) is 0 Å². The van der Waals surface area contributed by atoms with Crippen molar-refractivity contribution in [1.29, 1.82) is 0 Å². The number of aliphatic hydroxyl groups is 1. The summed E-state index contributed by atoms with van der Waals surface area (Å²) in [7, 11) is 3.30. The minimum atomic E-state index is -0.354. The Balaban J connectivity index is 2.60. The zero-order valence-electron chi connectivity index (χ0n) is 10.2. The van der Waals surface area contributed by atoms with Gasteiger partial charge >= 0.3 is 0 Å². The largest absolute Gasteiger partial charge is 0.395 e. The minimum absolute atomic E-state index is 0.0697. The SMILES string of the molecule is CC1(C)CSSCC(C(=O)NCCO)CC1=O. The molecule has 1 atom stereocenters. The van der Waals surface area contributed by atoms with Crippen molar-refractivity contribution < 1.29 is 14.7 Å². The topological polar surface area (TPSA) is 66.4 Å². The lowest BCUT2D eigenvalue weighted by atomic mass is 9.85. The second-order valence-electron chi connectivity index (χ2n) is 4.77. The van der Waals surface area contributed by atoms with Crippen molar-refractivity contribution in [1.82, 2.24) is 5.32 Å². The molecule has 1 rings (SSSR count). The van der Waals surface area contributed by atoms with Crippen LogP contribution in [-0.2, 0) is 9.59 Å². The molecular weight excluding hydrogens is 258 g/mol. The van der Waals surface area contributed by atoms with Crippen LogP contribution in [-0.4, -0.2) is 41.5 Å². The molecule has 0 saturated carbocycles. The lowest BCUT2D eigenvalue weighted by molar-refractivity contribution is -0.132. The van der Waals surface area contributed by atoms with E-state index >= 15 is 0 Å². The summed E-state index contributed by atoms with van der Waals surface area (Å²) in [4.78, 5) is 23.8. The van der Waals surface area contributed by atoms with Gasteiger partial charge in [0, 0.05) is 29.9 Å². The summed E-state index contributed by atoms with van der Waals surface area (Å²) in [6.07, 6.45) is 0.303. The fourth-order valence-electron chi connectivity index (χ4n) is 1.45. The molecule has 0 bridgehead atoms. The van der Waals surface area contributed by atoms with Crippen molar-refractivity contribution in [2.45, 2.75) is 20.3 Å². The molecule has 1 amide bonds. The van der Waals surface area contributed by atoms with Crippen LogP contribution in [0.5, 0.6) is 0 Å². The third kappa shape index (κ3) is 4.52. The van der Waals surface area contributed by atoms with Gasteiger partial charge in [-0.2, -0.15) is 0 Å². The van der Waals surface area contributed by atoms with Gasteiger partial charge in [0.1, 0.15) is 5.78 Å². The zero-order valence-corrected chi connectivity index (χ0v) is 11.8. The third-order valence-corrected chi connectivity index (χ3v) is 5.55. The number of Topliss-reactive ketones (excluding diaryl/α,β-unsaturated/α-hetero) is 1. The Morgan fingerprint density at radius 3 is 2.88 bits per heavy atom. The van der Waals surface area contributed by atoms with E-state index in [1.54, 1.807) is 21.6 Å². The fraction of sp³-hybridized carbons (Fsp3) is 0.818. The molecule has 6 heteroatoms. The van der Waals surface area contributed by atoms with Gasteiger partial charge in [0.05, 0.1) is 12.5 Å². The van der Waals surface area contributed by atoms with E-state index in [-0.39, 0.29) is 36.2 Å². The Hall–Kier alpha value is -0.200. The Morgan fingerprint density at radius 1 is 1.53 bits per heavy atom. The molecule has 0 spiro atoms.